The van der Waals surface area contributed by atoms with Crippen LogP contribution in [-0.2, 0) is 0 Å². The number of benzene rings is 2. The molecule has 0 aliphatic carbocycles. The number of urea groups is 1. The van der Waals surface area contributed by atoms with Crippen molar-refractivity contribution in [1.29, 1.82) is 0 Å². The summed E-state index contributed by atoms with van der Waals surface area (Å²) < 4.78 is 14.3. The van der Waals surface area contributed by atoms with Crippen LogP contribution in [0.2, 0.25) is 0 Å². The summed E-state index contributed by atoms with van der Waals surface area (Å²) in [5, 5.41) is 7.84. The summed E-state index contributed by atoms with van der Waals surface area (Å²) in [6, 6.07) is 10.1. The molecular weight excluding hydrogens is 377 g/mol. The number of rotatable bonds is 5. The second-order valence-electron chi connectivity index (χ2n) is 5.04. The number of hydrogen-bond donors (Lipinski definition) is 3. The van der Waals surface area contributed by atoms with Crippen LogP contribution in [0.15, 0.2) is 46.9 Å². The molecule has 0 aromatic heterocycles. The molecule has 5 nitrogen and oxygen atoms in total. The fourth-order valence-electron chi connectivity index (χ4n) is 2.00. The maximum atomic E-state index is 13.5. The Morgan fingerprint density at radius 3 is 2.62 bits per heavy atom. The Hall–Kier alpha value is -2.41. The van der Waals surface area contributed by atoms with Gasteiger partial charge in [-0.3, -0.25) is 4.79 Å². The summed E-state index contributed by atoms with van der Waals surface area (Å²) in [6.45, 7) is 2.43. The van der Waals surface area contributed by atoms with E-state index in [4.69, 9.17) is 0 Å². The minimum absolute atomic E-state index is 0.107. The van der Waals surface area contributed by atoms with Crippen molar-refractivity contribution in [3.8, 4) is 0 Å². The van der Waals surface area contributed by atoms with Gasteiger partial charge < -0.3 is 16.0 Å². The van der Waals surface area contributed by atoms with Crippen LogP contribution in [0.4, 0.5) is 20.6 Å². The van der Waals surface area contributed by atoms with Gasteiger partial charge in [0, 0.05) is 16.7 Å². The molecule has 2 rings (SSSR count). The third-order valence-electron chi connectivity index (χ3n) is 3.09. The molecule has 0 aliphatic heterocycles. The van der Waals surface area contributed by atoms with Crippen molar-refractivity contribution in [1.82, 2.24) is 5.32 Å². The van der Waals surface area contributed by atoms with Gasteiger partial charge in [-0.1, -0.05) is 28.9 Å². The third kappa shape index (κ3) is 5.06. The van der Waals surface area contributed by atoms with E-state index in [0.29, 0.717) is 12.2 Å². The van der Waals surface area contributed by atoms with Crippen molar-refractivity contribution in [3.63, 3.8) is 0 Å². The first-order valence-electron chi connectivity index (χ1n) is 7.41. The molecule has 0 saturated heterocycles. The molecule has 0 saturated carbocycles. The maximum absolute atomic E-state index is 13.5. The molecule has 3 N–H and O–H groups in total. The Labute approximate surface area is 147 Å². The molecule has 0 fully saturated rings. The molecule has 126 valence electrons. The van der Waals surface area contributed by atoms with E-state index in [2.05, 4.69) is 31.9 Å². The minimum Gasteiger partial charge on any atom is -0.352 e. The number of hydrogen-bond acceptors (Lipinski definition) is 2. The summed E-state index contributed by atoms with van der Waals surface area (Å²) in [6.07, 6.45) is 0.777. The standard InChI is InChI=1S/C17H17BrFN3O2/c1-2-8-20-16(23)14-7-6-12(19)10-15(14)22-17(24)21-13-5-3-4-11(18)9-13/h3-7,9-10H,2,8H2,1H3,(H,20,23)(H2,21,22,24). The number of carbonyl (C=O) groups is 2. The highest BCUT2D eigenvalue weighted by atomic mass is 79.9. The average molecular weight is 394 g/mol. The molecule has 2 aromatic carbocycles. The lowest BCUT2D eigenvalue weighted by Crippen LogP contribution is -2.27. The van der Waals surface area contributed by atoms with Crippen LogP contribution in [-0.4, -0.2) is 18.5 Å². The molecule has 7 heteroatoms. The zero-order valence-corrected chi connectivity index (χ0v) is 14.6. The van der Waals surface area contributed by atoms with Gasteiger partial charge in [-0.25, -0.2) is 9.18 Å². The summed E-state index contributed by atoms with van der Waals surface area (Å²) in [4.78, 5) is 24.2. The van der Waals surface area contributed by atoms with Crippen LogP contribution < -0.4 is 16.0 Å². The largest absolute Gasteiger partial charge is 0.352 e. The second kappa shape index (κ2) is 8.44. The summed E-state index contributed by atoms with van der Waals surface area (Å²) in [5.74, 6) is -0.908. The highest BCUT2D eigenvalue weighted by Crippen LogP contribution is 2.19. The molecule has 0 bridgehead atoms. The molecule has 0 heterocycles. The highest BCUT2D eigenvalue weighted by molar-refractivity contribution is 9.10. The van der Waals surface area contributed by atoms with Crippen molar-refractivity contribution >= 4 is 39.2 Å². The molecule has 0 atom stereocenters. The van der Waals surface area contributed by atoms with Gasteiger partial charge in [0.1, 0.15) is 5.82 Å². The van der Waals surface area contributed by atoms with Gasteiger partial charge in [-0.2, -0.15) is 0 Å². The quantitative estimate of drug-likeness (QED) is 0.705. The van der Waals surface area contributed by atoms with Crippen LogP contribution in [0.25, 0.3) is 0 Å². The molecule has 0 unspecified atom stereocenters. The van der Waals surface area contributed by atoms with Crippen LogP contribution in [0.3, 0.4) is 0 Å². The smallest absolute Gasteiger partial charge is 0.323 e. The van der Waals surface area contributed by atoms with Gasteiger partial charge in [-0.05, 0) is 42.8 Å². The topological polar surface area (TPSA) is 70.2 Å². The maximum Gasteiger partial charge on any atom is 0.323 e. The summed E-state index contributed by atoms with van der Waals surface area (Å²) in [5.41, 5.74) is 0.876. The lowest BCUT2D eigenvalue weighted by molar-refractivity contribution is 0.0954. The van der Waals surface area contributed by atoms with E-state index in [-0.39, 0.29) is 17.2 Å². The second-order valence-corrected chi connectivity index (χ2v) is 5.95. The molecular formula is C17H17BrFN3O2. The number of nitrogens with one attached hydrogen (secondary N) is 3. The predicted molar refractivity (Wildman–Crippen MR) is 95.8 cm³/mol. The van der Waals surface area contributed by atoms with Crippen LogP contribution >= 0.6 is 15.9 Å². The fourth-order valence-corrected chi connectivity index (χ4v) is 2.40. The van der Waals surface area contributed by atoms with E-state index >= 15 is 0 Å². The number of halogens is 2. The van der Waals surface area contributed by atoms with E-state index in [1.54, 1.807) is 18.2 Å². The zero-order chi connectivity index (χ0) is 17.5. The predicted octanol–water partition coefficient (Wildman–Crippen LogP) is 4.37. The Bertz CT molecular complexity index is 752. The molecule has 0 spiro atoms. The van der Waals surface area contributed by atoms with E-state index in [1.165, 1.54) is 12.1 Å². The van der Waals surface area contributed by atoms with Gasteiger partial charge in [0.05, 0.1) is 11.3 Å². The molecule has 2 aromatic rings. The van der Waals surface area contributed by atoms with E-state index in [0.717, 1.165) is 17.0 Å². The monoisotopic (exact) mass is 393 g/mol. The minimum atomic E-state index is -0.566. The summed E-state index contributed by atoms with van der Waals surface area (Å²) in [7, 11) is 0. The molecule has 3 amide bonds. The van der Waals surface area contributed by atoms with E-state index in [9.17, 15) is 14.0 Å². The zero-order valence-electron chi connectivity index (χ0n) is 13.0. The lowest BCUT2D eigenvalue weighted by atomic mass is 10.1. The Morgan fingerprint density at radius 2 is 1.92 bits per heavy atom. The molecule has 0 radical (unpaired) electrons. The number of amides is 3. The van der Waals surface area contributed by atoms with Crippen LogP contribution in [0, 0.1) is 5.82 Å². The van der Waals surface area contributed by atoms with Crippen molar-refractivity contribution in [2.24, 2.45) is 0 Å². The highest BCUT2D eigenvalue weighted by Gasteiger charge is 2.14. The van der Waals surface area contributed by atoms with E-state index < -0.39 is 11.8 Å². The number of carbonyl (C=O) groups excluding carboxylic acids is 2. The Morgan fingerprint density at radius 1 is 1.12 bits per heavy atom. The van der Waals surface area contributed by atoms with Gasteiger partial charge in [0.2, 0.25) is 0 Å². The van der Waals surface area contributed by atoms with Crippen LogP contribution in [0.5, 0.6) is 0 Å². The number of anilines is 2. The van der Waals surface area contributed by atoms with Gasteiger partial charge >= 0.3 is 6.03 Å². The Balaban J connectivity index is 2.14. The normalized spacial score (nSPS) is 10.1. The first kappa shape index (κ1) is 17.9. The average Bonchev–Trinajstić information content (AvgIpc) is 2.52. The van der Waals surface area contributed by atoms with Gasteiger partial charge in [0.25, 0.3) is 5.91 Å². The Kier molecular flexibility index (Phi) is 6.31. The van der Waals surface area contributed by atoms with Crippen molar-refractivity contribution in [2.45, 2.75) is 13.3 Å². The van der Waals surface area contributed by atoms with Crippen molar-refractivity contribution in [2.75, 3.05) is 17.2 Å². The van der Waals surface area contributed by atoms with Gasteiger partial charge in [-0.15, -0.1) is 0 Å². The van der Waals surface area contributed by atoms with Crippen LogP contribution in [0.1, 0.15) is 23.7 Å². The summed E-state index contributed by atoms with van der Waals surface area (Å²) >= 11 is 3.31. The third-order valence-corrected chi connectivity index (χ3v) is 3.59. The lowest BCUT2D eigenvalue weighted by Gasteiger charge is -2.12. The molecule has 24 heavy (non-hydrogen) atoms. The van der Waals surface area contributed by atoms with Gasteiger partial charge in [0.15, 0.2) is 0 Å². The molecule has 0 aliphatic rings. The van der Waals surface area contributed by atoms with Crippen molar-refractivity contribution in [3.05, 3.63) is 58.3 Å². The SMILES string of the molecule is CCCNC(=O)c1ccc(F)cc1NC(=O)Nc1cccc(Br)c1. The first-order chi connectivity index (χ1) is 11.5. The van der Waals surface area contributed by atoms with Crippen molar-refractivity contribution < 1.29 is 14.0 Å². The van der Waals surface area contributed by atoms with E-state index in [1.807, 2.05) is 13.0 Å². The first-order valence-corrected chi connectivity index (χ1v) is 8.20. The fraction of sp³-hybridized carbons (Fsp3) is 0.176.